The molecule has 0 radical (unpaired) electrons. The molecular formula is C11H23NO2S. The Hall–Kier alpha value is 0.230. The van der Waals surface area contributed by atoms with E-state index in [1.165, 1.54) is 19.3 Å². The number of methoxy groups -OCH3 is 1. The molecule has 0 aromatic carbocycles. The van der Waals surface area contributed by atoms with E-state index in [0.29, 0.717) is 12.6 Å². The van der Waals surface area contributed by atoms with Gasteiger partial charge < -0.3 is 9.84 Å². The molecule has 0 aromatic heterocycles. The lowest BCUT2D eigenvalue weighted by Gasteiger charge is -2.30. The molecule has 1 fully saturated rings. The Kier molecular flexibility index (Phi) is 5.97. The predicted molar refractivity (Wildman–Crippen MR) is 65.5 cm³/mol. The van der Waals surface area contributed by atoms with Crippen LogP contribution in [0.1, 0.15) is 19.3 Å². The molecule has 0 heterocycles. The summed E-state index contributed by atoms with van der Waals surface area (Å²) in [6.45, 7) is 1.15. The van der Waals surface area contributed by atoms with E-state index in [0.717, 1.165) is 11.8 Å². The van der Waals surface area contributed by atoms with Crippen LogP contribution < -0.4 is 0 Å². The zero-order valence-corrected chi connectivity index (χ0v) is 10.8. The third kappa shape index (κ3) is 3.94. The van der Waals surface area contributed by atoms with Crippen molar-refractivity contribution in [2.24, 2.45) is 0 Å². The maximum Gasteiger partial charge on any atom is 0.0900 e. The molecule has 1 N–H and O–H groups in total. The number of aliphatic hydroxyl groups is 1. The maximum atomic E-state index is 9.67. The van der Waals surface area contributed by atoms with Crippen molar-refractivity contribution >= 4 is 11.8 Å². The zero-order chi connectivity index (χ0) is 11.3. The lowest BCUT2D eigenvalue weighted by Crippen LogP contribution is -2.41. The number of hydrogen-bond acceptors (Lipinski definition) is 4. The van der Waals surface area contributed by atoms with Crippen molar-refractivity contribution in [2.45, 2.75) is 36.7 Å². The van der Waals surface area contributed by atoms with Gasteiger partial charge in [-0.2, -0.15) is 11.8 Å². The Morgan fingerprint density at radius 2 is 2.27 bits per heavy atom. The highest BCUT2D eigenvalue weighted by Gasteiger charge is 2.30. The standard InChI is InChI=1S/C11H23NO2S/c1-12(7-9(13)8-14-2)10-5-4-6-11(10)15-3/h9-11,13H,4-8H2,1-3H3/t9-,10+,11-/m1/s1. The van der Waals surface area contributed by atoms with Crippen LogP contribution in [0.3, 0.4) is 0 Å². The number of aliphatic hydroxyl groups excluding tert-OH is 1. The van der Waals surface area contributed by atoms with E-state index in [2.05, 4.69) is 18.2 Å². The van der Waals surface area contributed by atoms with Crippen LogP contribution in [0.4, 0.5) is 0 Å². The lowest BCUT2D eigenvalue weighted by atomic mass is 10.2. The second kappa shape index (κ2) is 6.74. The number of nitrogens with zero attached hydrogens (tertiary/aromatic N) is 1. The van der Waals surface area contributed by atoms with E-state index in [1.807, 2.05) is 11.8 Å². The molecule has 15 heavy (non-hydrogen) atoms. The molecular weight excluding hydrogens is 210 g/mol. The zero-order valence-electron chi connectivity index (χ0n) is 9.98. The van der Waals surface area contributed by atoms with E-state index in [9.17, 15) is 5.11 Å². The van der Waals surface area contributed by atoms with E-state index in [-0.39, 0.29) is 6.10 Å². The first-order valence-corrected chi connectivity index (χ1v) is 6.87. The Bertz CT molecular complexity index is 180. The molecule has 0 aliphatic heterocycles. The third-order valence-corrected chi connectivity index (χ3v) is 4.30. The van der Waals surface area contributed by atoms with Crippen molar-refractivity contribution < 1.29 is 9.84 Å². The number of hydrogen-bond donors (Lipinski definition) is 1. The maximum absolute atomic E-state index is 9.67. The summed E-state index contributed by atoms with van der Waals surface area (Å²) in [5.41, 5.74) is 0. The minimum Gasteiger partial charge on any atom is -0.389 e. The van der Waals surface area contributed by atoms with Gasteiger partial charge in [-0.05, 0) is 26.1 Å². The predicted octanol–water partition coefficient (Wildman–Crippen LogP) is 1.21. The van der Waals surface area contributed by atoms with Crippen LogP contribution >= 0.6 is 11.8 Å². The third-order valence-electron chi connectivity index (χ3n) is 3.14. The second-order valence-corrected chi connectivity index (χ2v) is 5.40. The van der Waals surface area contributed by atoms with Crippen LogP contribution in [0, 0.1) is 0 Å². The van der Waals surface area contributed by atoms with Crippen LogP contribution in [-0.2, 0) is 4.74 Å². The van der Waals surface area contributed by atoms with Gasteiger partial charge in [0, 0.05) is 24.9 Å². The van der Waals surface area contributed by atoms with Gasteiger partial charge in [-0.15, -0.1) is 0 Å². The summed E-state index contributed by atoms with van der Waals surface area (Å²) >= 11 is 1.95. The molecule has 1 aliphatic rings. The fourth-order valence-electron chi connectivity index (χ4n) is 2.40. The summed E-state index contributed by atoms with van der Waals surface area (Å²) in [4.78, 5) is 2.29. The number of ether oxygens (including phenoxy) is 1. The molecule has 1 aliphatic carbocycles. The fraction of sp³-hybridized carbons (Fsp3) is 1.00. The molecule has 1 saturated carbocycles. The first-order valence-electron chi connectivity index (χ1n) is 5.59. The number of rotatable bonds is 6. The smallest absolute Gasteiger partial charge is 0.0900 e. The topological polar surface area (TPSA) is 32.7 Å². The van der Waals surface area contributed by atoms with Gasteiger partial charge in [0.05, 0.1) is 12.7 Å². The minimum absolute atomic E-state index is 0.358. The molecule has 1 rings (SSSR count). The summed E-state index contributed by atoms with van der Waals surface area (Å²) < 4.78 is 4.94. The van der Waals surface area contributed by atoms with Crippen molar-refractivity contribution in [3.8, 4) is 0 Å². The highest BCUT2D eigenvalue weighted by molar-refractivity contribution is 7.99. The molecule has 0 aromatic rings. The summed E-state index contributed by atoms with van der Waals surface area (Å²) in [5, 5.41) is 10.4. The first-order chi connectivity index (χ1) is 7.19. The molecule has 0 spiro atoms. The van der Waals surface area contributed by atoms with Crippen LogP contribution in [0.15, 0.2) is 0 Å². The SMILES string of the molecule is COC[C@H](O)CN(C)[C@H]1CCC[C@H]1SC. The highest BCUT2D eigenvalue weighted by Crippen LogP contribution is 2.31. The van der Waals surface area contributed by atoms with Crippen LogP contribution in [0.25, 0.3) is 0 Å². The number of likely N-dealkylation sites (N-methyl/N-ethyl adjacent to an activating group) is 1. The van der Waals surface area contributed by atoms with Crippen LogP contribution in [0.5, 0.6) is 0 Å². The van der Waals surface area contributed by atoms with Gasteiger partial charge in [-0.3, -0.25) is 4.90 Å². The van der Waals surface area contributed by atoms with Crippen molar-refractivity contribution in [1.29, 1.82) is 0 Å². The molecule has 0 bridgehead atoms. The van der Waals surface area contributed by atoms with Gasteiger partial charge in [0.15, 0.2) is 0 Å². The van der Waals surface area contributed by atoms with Crippen LogP contribution in [0.2, 0.25) is 0 Å². The monoisotopic (exact) mass is 233 g/mol. The quantitative estimate of drug-likeness (QED) is 0.747. The van der Waals surface area contributed by atoms with Crippen molar-refractivity contribution in [1.82, 2.24) is 4.90 Å². The molecule has 3 nitrogen and oxygen atoms in total. The molecule has 0 unspecified atom stereocenters. The average molecular weight is 233 g/mol. The summed E-state index contributed by atoms with van der Waals surface area (Å²) in [6, 6.07) is 0.631. The van der Waals surface area contributed by atoms with Gasteiger partial charge in [-0.25, -0.2) is 0 Å². The van der Waals surface area contributed by atoms with Crippen molar-refractivity contribution in [3.63, 3.8) is 0 Å². The Balaban J connectivity index is 2.35. The molecule has 4 heteroatoms. The Morgan fingerprint density at radius 3 is 2.87 bits per heavy atom. The van der Waals surface area contributed by atoms with E-state index in [1.54, 1.807) is 7.11 Å². The van der Waals surface area contributed by atoms with Gasteiger partial charge in [0.2, 0.25) is 0 Å². The van der Waals surface area contributed by atoms with Crippen molar-refractivity contribution in [3.05, 3.63) is 0 Å². The van der Waals surface area contributed by atoms with E-state index >= 15 is 0 Å². The van der Waals surface area contributed by atoms with Crippen molar-refractivity contribution in [2.75, 3.05) is 33.6 Å². The molecule has 90 valence electrons. The average Bonchev–Trinajstić information content (AvgIpc) is 2.65. The Labute approximate surface area is 97.2 Å². The largest absolute Gasteiger partial charge is 0.389 e. The van der Waals surface area contributed by atoms with E-state index < -0.39 is 0 Å². The van der Waals surface area contributed by atoms with Gasteiger partial charge in [-0.1, -0.05) is 6.42 Å². The Morgan fingerprint density at radius 1 is 1.53 bits per heavy atom. The lowest BCUT2D eigenvalue weighted by molar-refractivity contribution is 0.0353. The first kappa shape index (κ1) is 13.3. The van der Waals surface area contributed by atoms with Gasteiger partial charge >= 0.3 is 0 Å². The van der Waals surface area contributed by atoms with E-state index in [4.69, 9.17) is 4.74 Å². The summed E-state index contributed by atoms with van der Waals surface area (Å²) in [5.74, 6) is 0. The molecule has 0 saturated heterocycles. The van der Waals surface area contributed by atoms with Crippen LogP contribution in [-0.4, -0.2) is 61.0 Å². The molecule has 0 amide bonds. The number of thioether (sulfide) groups is 1. The molecule has 3 atom stereocenters. The summed E-state index contributed by atoms with van der Waals surface area (Å²) in [7, 11) is 3.74. The summed E-state index contributed by atoms with van der Waals surface area (Å²) in [6.07, 6.45) is 5.73. The van der Waals surface area contributed by atoms with Gasteiger partial charge in [0.1, 0.15) is 0 Å². The van der Waals surface area contributed by atoms with Gasteiger partial charge in [0.25, 0.3) is 0 Å². The normalized spacial score (nSPS) is 28.6. The fourth-order valence-corrected chi connectivity index (χ4v) is 3.46. The highest BCUT2D eigenvalue weighted by atomic mass is 32.2. The second-order valence-electron chi connectivity index (χ2n) is 4.32. The minimum atomic E-state index is -0.358.